The third-order valence-corrected chi connectivity index (χ3v) is 8.09. The van der Waals surface area contributed by atoms with Gasteiger partial charge in [-0.05, 0) is 31.5 Å². The van der Waals surface area contributed by atoms with E-state index in [0.717, 1.165) is 18.2 Å². The van der Waals surface area contributed by atoms with Crippen molar-refractivity contribution in [1.29, 1.82) is 0 Å². The zero-order chi connectivity index (χ0) is 36.9. The highest BCUT2D eigenvalue weighted by Crippen LogP contribution is 2.34. The van der Waals surface area contributed by atoms with Crippen LogP contribution in [0.4, 0.5) is 30.4 Å². The molecule has 1 fully saturated rings. The Morgan fingerprint density at radius 2 is 1.72 bits per heavy atom. The number of carbonyl (C=O) groups excluding carboxylic acids is 2. The van der Waals surface area contributed by atoms with Gasteiger partial charge in [-0.15, -0.1) is 0 Å². The van der Waals surface area contributed by atoms with E-state index < -0.39 is 29.0 Å². The maximum Gasteiger partial charge on any atom is 0.416 e. The molecule has 2 N–H and O–H groups in total. The van der Waals surface area contributed by atoms with E-state index in [-0.39, 0.29) is 71.7 Å². The normalized spacial score (nSPS) is 13.2. The van der Waals surface area contributed by atoms with Gasteiger partial charge in [-0.1, -0.05) is 38.8 Å². The zero-order valence-electron chi connectivity index (χ0n) is 28.6. The van der Waals surface area contributed by atoms with E-state index in [4.69, 9.17) is 11.6 Å². The summed E-state index contributed by atoms with van der Waals surface area (Å²) in [5, 5.41) is 12.6. The van der Waals surface area contributed by atoms with Gasteiger partial charge in [0, 0.05) is 46.0 Å². The van der Waals surface area contributed by atoms with Crippen molar-refractivity contribution in [2.24, 2.45) is 0 Å². The molecule has 0 spiro atoms. The van der Waals surface area contributed by atoms with Gasteiger partial charge in [0.05, 0.1) is 28.2 Å². The highest BCUT2D eigenvalue weighted by molar-refractivity contribution is 6.33. The molecule has 0 aliphatic carbocycles. The molecule has 0 unspecified atom stereocenters. The van der Waals surface area contributed by atoms with Gasteiger partial charge in [-0.2, -0.15) is 13.2 Å². The summed E-state index contributed by atoms with van der Waals surface area (Å²) in [5.41, 5.74) is -0.276. The number of nitrogens with zero attached hydrogens (tertiary/aromatic N) is 8. The van der Waals surface area contributed by atoms with E-state index in [1.54, 1.807) is 30.5 Å². The zero-order valence-corrected chi connectivity index (χ0v) is 29.4. The lowest BCUT2D eigenvalue weighted by molar-refractivity contribution is -0.137. The van der Waals surface area contributed by atoms with Gasteiger partial charge in [-0.3, -0.25) is 14.4 Å². The topological polar surface area (TPSA) is 150 Å². The summed E-state index contributed by atoms with van der Waals surface area (Å²) in [6.07, 6.45) is -0.378. The van der Waals surface area contributed by atoms with Gasteiger partial charge >= 0.3 is 6.18 Å². The average molecular weight is 718 g/mol. The van der Waals surface area contributed by atoms with Gasteiger partial charge in [0.2, 0.25) is 11.3 Å². The van der Waals surface area contributed by atoms with Crippen LogP contribution in [0.15, 0.2) is 35.5 Å². The predicted octanol–water partition coefficient (Wildman–Crippen LogP) is 4.91. The monoisotopic (exact) mass is 717 g/mol. The molecule has 1 saturated heterocycles. The van der Waals surface area contributed by atoms with Gasteiger partial charge in [0.25, 0.3) is 5.91 Å². The maximum atomic E-state index is 14.1. The second-order valence-electron chi connectivity index (χ2n) is 11.7. The van der Waals surface area contributed by atoms with E-state index in [2.05, 4.69) is 39.1 Å². The number of aryl methyl sites for hydroxylation is 1. The number of amides is 2. The van der Waals surface area contributed by atoms with Crippen LogP contribution in [0.25, 0.3) is 11.2 Å². The maximum absolute atomic E-state index is 14.1. The molecule has 50 heavy (non-hydrogen) atoms. The van der Waals surface area contributed by atoms with Gasteiger partial charge in [0.15, 0.2) is 22.6 Å². The number of carbonyl (C=O) groups is 2. The Morgan fingerprint density at radius 1 is 1.06 bits per heavy atom. The van der Waals surface area contributed by atoms with Gasteiger partial charge < -0.3 is 29.7 Å². The Hall–Kier alpha value is -4.99. The highest BCUT2D eigenvalue weighted by atomic mass is 35.5. The minimum Gasteiger partial charge on any atom is -0.504 e. The molecular formula is C33H39ClF3N9O4. The molecular weight excluding hydrogens is 679 g/mol. The number of nitrogens with one attached hydrogen (secondary N) is 1. The number of anilines is 3. The van der Waals surface area contributed by atoms with Crippen molar-refractivity contribution < 1.29 is 27.9 Å². The fraction of sp³-hybridized carbons (Fsp3) is 0.424. The highest BCUT2D eigenvalue weighted by Gasteiger charge is 2.32. The second-order valence-corrected chi connectivity index (χ2v) is 12.1. The molecule has 4 heterocycles. The number of alkyl halides is 3. The molecule has 1 aliphatic heterocycles. The molecule has 0 radical (unpaired) electrons. The van der Waals surface area contributed by atoms with Crippen molar-refractivity contribution in [1.82, 2.24) is 29.4 Å². The summed E-state index contributed by atoms with van der Waals surface area (Å²) >= 11 is 6.07. The number of rotatable bonds is 7. The molecule has 3 aromatic heterocycles. The average Bonchev–Trinajstić information content (AvgIpc) is 3.07. The number of aromatic nitrogens is 5. The Kier molecular flexibility index (Phi) is 11.9. The van der Waals surface area contributed by atoms with Crippen LogP contribution in [0.2, 0.25) is 5.02 Å². The standard InChI is InChI=1S/C30H31ClF3N9O4.C3H8/c1-5-20-25(41-8-10-42(11-9-41)29(47)24-26(45)16(2)36-15-37-24)27(46)23-28(35-13-21(39-23)40(3)4)43(20)14-22(44)38-19-7-6-17(12-18(19)31)30(32,33)34;1-3-2/h6-7,12-13,15,45H,5,8-11,14H2,1-4H3,(H,38,44);3H2,1-2H3. The van der Waals surface area contributed by atoms with E-state index in [9.17, 15) is 32.7 Å². The Morgan fingerprint density at radius 3 is 2.30 bits per heavy atom. The minimum atomic E-state index is -4.60. The van der Waals surface area contributed by atoms with E-state index in [1.807, 2.05) is 11.8 Å². The molecule has 1 aromatic carbocycles. The van der Waals surface area contributed by atoms with Crippen LogP contribution >= 0.6 is 11.6 Å². The SMILES string of the molecule is CCC.CCc1c(N2CCN(C(=O)c3ncnc(C)c3O)CC2)c(=O)c2nc(N(C)C)cnc2n1CC(=O)Nc1ccc(C(F)(F)F)cc1Cl. The third-order valence-electron chi connectivity index (χ3n) is 7.78. The molecule has 17 heteroatoms. The van der Waals surface area contributed by atoms with Crippen molar-refractivity contribution in [3.8, 4) is 5.75 Å². The fourth-order valence-electron chi connectivity index (χ4n) is 5.32. The molecule has 1 aliphatic rings. The van der Waals surface area contributed by atoms with Crippen molar-refractivity contribution in [2.45, 2.75) is 53.3 Å². The molecule has 0 bridgehead atoms. The smallest absolute Gasteiger partial charge is 0.416 e. The number of fused-ring (bicyclic) bond motifs is 1. The van der Waals surface area contributed by atoms with Crippen LogP contribution in [0, 0.1) is 6.92 Å². The molecule has 0 saturated carbocycles. The summed E-state index contributed by atoms with van der Waals surface area (Å²) in [5.74, 6) is -0.977. The number of aromatic hydroxyl groups is 1. The quantitative estimate of drug-likeness (QED) is 0.270. The Balaban J connectivity index is 0.00000181. The van der Waals surface area contributed by atoms with Crippen molar-refractivity contribution in [3.05, 3.63) is 68.6 Å². The lowest BCUT2D eigenvalue weighted by Crippen LogP contribution is -2.50. The van der Waals surface area contributed by atoms with Crippen LogP contribution in [0.1, 0.15) is 54.6 Å². The molecule has 13 nitrogen and oxygen atoms in total. The second kappa shape index (κ2) is 15.7. The Labute approximate surface area is 291 Å². The number of pyridine rings is 1. The number of piperazine rings is 1. The third kappa shape index (κ3) is 8.07. The first-order valence-corrected chi connectivity index (χ1v) is 16.3. The van der Waals surface area contributed by atoms with Gasteiger partial charge in [0.1, 0.15) is 24.4 Å². The first-order valence-electron chi connectivity index (χ1n) is 15.9. The van der Waals surface area contributed by atoms with E-state index in [1.165, 1.54) is 23.8 Å². The van der Waals surface area contributed by atoms with Crippen LogP contribution in [-0.2, 0) is 23.9 Å². The summed E-state index contributed by atoms with van der Waals surface area (Å²) in [7, 11) is 3.48. The van der Waals surface area contributed by atoms with Crippen LogP contribution in [0.3, 0.4) is 0 Å². The molecule has 268 valence electrons. The predicted molar refractivity (Wildman–Crippen MR) is 185 cm³/mol. The van der Waals surface area contributed by atoms with Crippen molar-refractivity contribution in [2.75, 3.05) is 55.4 Å². The summed E-state index contributed by atoms with van der Waals surface area (Å²) in [4.78, 5) is 62.4. The molecule has 5 rings (SSSR count). The van der Waals surface area contributed by atoms with E-state index in [0.29, 0.717) is 23.6 Å². The molecule has 0 atom stereocenters. The first kappa shape index (κ1) is 37.8. The number of hydrogen-bond acceptors (Lipinski definition) is 10. The van der Waals surface area contributed by atoms with Crippen LogP contribution < -0.4 is 20.5 Å². The minimum absolute atomic E-state index is 0.0139. The number of benzene rings is 1. The summed E-state index contributed by atoms with van der Waals surface area (Å²) in [6, 6.07) is 2.62. The van der Waals surface area contributed by atoms with E-state index >= 15 is 0 Å². The van der Waals surface area contributed by atoms with Crippen molar-refractivity contribution >= 4 is 51.8 Å². The summed E-state index contributed by atoms with van der Waals surface area (Å²) in [6.45, 7) is 8.18. The lowest BCUT2D eigenvalue weighted by Gasteiger charge is -2.37. The van der Waals surface area contributed by atoms with Crippen molar-refractivity contribution in [3.63, 3.8) is 0 Å². The lowest BCUT2D eigenvalue weighted by atomic mass is 10.1. The van der Waals surface area contributed by atoms with Gasteiger partial charge in [-0.25, -0.2) is 19.9 Å². The molecule has 2 amide bonds. The van der Waals surface area contributed by atoms with Crippen LogP contribution in [0.5, 0.6) is 5.75 Å². The number of halogens is 4. The van der Waals surface area contributed by atoms with Crippen LogP contribution in [-0.4, -0.2) is 86.6 Å². The molecule has 4 aromatic rings. The fourth-order valence-corrected chi connectivity index (χ4v) is 5.55. The first-order chi connectivity index (χ1) is 23.6. The largest absolute Gasteiger partial charge is 0.504 e. The number of hydrogen-bond donors (Lipinski definition) is 2. The summed E-state index contributed by atoms with van der Waals surface area (Å²) < 4.78 is 40.9. The Bertz CT molecular complexity index is 1940.